The number of aromatic carboxylic acids is 1. The zero-order chi connectivity index (χ0) is 25.8. The molecule has 0 aliphatic carbocycles. The first-order valence-electron chi connectivity index (χ1n) is 12.1. The average Bonchev–Trinajstić information content (AvgIpc) is 3.45. The molecule has 8 heteroatoms. The monoisotopic (exact) mass is 483 g/mol. The van der Waals surface area contributed by atoms with Crippen molar-refractivity contribution in [2.24, 2.45) is 5.41 Å². The Hall–Kier alpha value is -2.97. The number of ketones is 1. The van der Waals surface area contributed by atoms with Crippen molar-refractivity contribution in [1.82, 2.24) is 14.8 Å². The molecule has 1 aromatic carbocycles. The minimum Gasteiger partial charge on any atom is -0.478 e. The molecule has 3 rings (SSSR count). The van der Waals surface area contributed by atoms with Gasteiger partial charge in [-0.25, -0.2) is 4.79 Å². The molecule has 0 saturated carbocycles. The van der Waals surface area contributed by atoms with Crippen molar-refractivity contribution < 1.29 is 24.2 Å². The second-order valence-electron chi connectivity index (χ2n) is 10.4. The molecule has 0 spiro atoms. The summed E-state index contributed by atoms with van der Waals surface area (Å²) in [5.41, 5.74) is -0.704. The van der Waals surface area contributed by atoms with Crippen LogP contribution in [0.25, 0.3) is 0 Å². The molecular formula is C27H37N3O5. The van der Waals surface area contributed by atoms with Gasteiger partial charge in [-0.15, -0.1) is 0 Å². The molecule has 3 unspecified atom stereocenters. The van der Waals surface area contributed by atoms with E-state index in [-0.39, 0.29) is 29.3 Å². The second kappa shape index (κ2) is 10.7. The molecule has 2 aromatic rings. The first-order valence-corrected chi connectivity index (χ1v) is 12.1. The molecule has 1 saturated heterocycles. The number of carbonyl (C=O) groups is 3. The predicted octanol–water partition coefficient (Wildman–Crippen LogP) is 3.16. The van der Waals surface area contributed by atoms with Gasteiger partial charge in [-0.2, -0.15) is 0 Å². The number of carboxylic acids is 1. The molecule has 1 aliphatic rings. The zero-order valence-corrected chi connectivity index (χ0v) is 21.3. The fourth-order valence-corrected chi connectivity index (χ4v) is 4.61. The van der Waals surface area contributed by atoms with Gasteiger partial charge in [0.25, 0.3) is 5.91 Å². The smallest absolute Gasteiger partial charge is 0.337 e. The molecule has 2 N–H and O–H groups in total. The maximum absolute atomic E-state index is 14.3. The fraction of sp³-hybridized carbons (Fsp3) is 0.519. The van der Waals surface area contributed by atoms with Crippen molar-refractivity contribution in [3.63, 3.8) is 0 Å². The van der Waals surface area contributed by atoms with E-state index in [9.17, 15) is 19.5 Å². The van der Waals surface area contributed by atoms with E-state index in [4.69, 9.17) is 4.74 Å². The van der Waals surface area contributed by atoms with E-state index in [2.05, 4.69) is 26.1 Å². The van der Waals surface area contributed by atoms with Crippen molar-refractivity contribution in [3.05, 3.63) is 59.9 Å². The fourth-order valence-electron chi connectivity index (χ4n) is 4.61. The summed E-state index contributed by atoms with van der Waals surface area (Å²) in [4.78, 5) is 40.8. The number of amides is 1. The zero-order valence-electron chi connectivity index (χ0n) is 21.3. The Kier molecular flexibility index (Phi) is 8.18. The Morgan fingerprint density at radius 2 is 1.89 bits per heavy atom. The van der Waals surface area contributed by atoms with E-state index in [0.29, 0.717) is 12.8 Å². The number of nitrogens with zero attached hydrogens (tertiary/aromatic N) is 2. The minimum absolute atomic E-state index is 0.0332. The molecule has 3 atom stereocenters. The number of Topliss-reactive ketones (excluding diaryl/α,β-unsaturated/α-hetero) is 1. The van der Waals surface area contributed by atoms with Gasteiger partial charge in [0.05, 0.1) is 11.7 Å². The molecule has 1 fully saturated rings. The molecule has 190 valence electrons. The molecule has 1 amide bonds. The van der Waals surface area contributed by atoms with Gasteiger partial charge >= 0.3 is 5.97 Å². The Labute approximate surface area is 207 Å². The highest BCUT2D eigenvalue weighted by molar-refractivity contribution is 5.96. The highest BCUT2D eigenvalue weighted by Crippen LogP contribution is 2.41. The Bertz CT molecular complexity index is 1050. The van der Waals surface area contributed by atoms with Gasteiger partial charge in [-0.1, -0.05) is 57.5 Å². The van der Waals surface area contributed by atoms with Crippen LogP contribution in [-0.2, 0) is 19.9 Å². The summed E-state index contributed by atoms with van der Waals surface area (Å²) in [6, 6.07) is 10.1. The molecule has 0 bridgehead atoms. The van der Waals surface area contributed by atoms with Crippen LogP contribution < -0.4 is 5.32 Å². The van der Waals surface area contributed by atoms with Crippen molar-refractivity contribution in [2.45, 2.75) is 57.7 Å². The van der Waals surface area contributed by atoms with Crippen LogP contribution in [0.4, 0.5) is 0 Å². The van der Waals surface area contributed by atoms with Gasteiger partial charge in [0, 0.05) is 18.9 Å². The molecule has 1 aromatic heterocycles. The maximum atomic E-state index is 14.3. The van der Waals surface area contributed by atoms with E-state index < -0.39 is 23.7 Å². The Balaban J connectivity index is 2.11. The van der Waals surface area contributed by atoms with Gasteiger partial charge in [-0.3, -0.25) is 9.59 Å². The van der Waals surface area contributed by atoms with Crippen LogP contribution in [0.5, 0.6) is 0 Å². The summed E-state index contributed by atoms with van der Waals surface area (Å²) < 4.78 is 7.42. The van der Waals surface area contributed by atoms with Gasteiger partial charge in [0.2, 0.25) is 0 Å². The lowest BCUT2D eigenvalue weighted by Crippen LogP contribution is -2.56. The van der Waals surface area contributed by atoms with Crippen molar-refractivity contribution >= 4 is 17.7 Å². The van der Waals surface area contributed by atoms with Crippen LogP contribution in [0, 0.1) is 5.41 Å². The van der Waals surface area contributed by atoms with Crippen LogP contribution in [-0.4, -0.2) is 71.6 Å². The number of aromatic nitrogens is 1. The van der Waals surface area contributed by atoms with Crippen LogP contribution in [0.3, 0.4) is 0 Å². The van der Waals surface area contributed by atoms with Gasteiger partial charge in [-0.05, 0) is 44.0 Å². The van der Waals surface area contributed by atoms with Crippen LogP contribution >= 0.6 is 0 Å². The Morgan fingerprint density at radius 1 is 1.20 bits per heavy atom. The first-order chi connectivity index (χ1) is 16.5. The molecule has 35 heavy (non-hydrogen) atoms. The summed E-state index contributed by atoms with van der Waals surface area (Å²) in [6.07, 6.45) is 4.54. The summed E-state index contributed by atoms with van der Waals surface area (Å²) in [6.45, 7) is 6.93. The SMILES string of the molecule is CCC(C)(C)CC(C(=O)NC1C(=O)COC1CCN(C)C)(c1ccccc1)n1ccc(C(=O)O)c1. The normalized spacial score (nSPS) is 20.1. The topological polar surface area (TPSA) is 101 Å². The highest BCUT2D eigenvalue weighted by Gasteiger charge is 2.48. The van der Waals surface area contributed by atoms with Crippen molar-refractivity contribution in [3.8, 4) is 0 Å². The number of nitrogens with one attached hydrogen (secondary N) is 1. The van der Waals surface area contributed by atoms with E-state index in [0.717, 1.165) is 18.5 Å². The predicted molar refractivity (Wildman–Crippen MR) is 133 cm³/mol. The quantitative estimate of drug-likeness (QED) is 0.509. The largest absolute Gasteiger partial charge is 0.478 e. The number of hydrogen-bond acceptors (Lipinski definition) is 5. The number of ether oxygens (including phenoxy) is 1. The molecule has 1 aliphatic heterocycles. The van der Waals surface area contributed by atoms with E-state index in [1.54, 1.807) is 10.8 Å². The number of benzene rings is 1. The van der Waals surface area contributed by atoms with E-state index in [1.165, 1.54) is 12.3 Å². The first kappa shape index (κ1) is 26.6. The second-order valence-corrected chi connectivity index (χ2v) is 10.4. The standard InChI is InChI=1S/C27H37N3O5/c1-6-26(2,3)18-27(20-10-8-7-9-11-20,30-15-12-19(16-30)24(32)33)25(34)28-23-21(31)17-35-22(23)13-14-29(4)5/h7-12,15-16,22-23H,6,13-14,17-18H2,1-5H3,(H,28,34)(H,32,33). The lowest BCUT2D eigenvalue weighted by Gasteiger charge is -2.41. The van der Waals surface area contributed by atoms with Crippen LogP contribution in [0.1, 0.15) is 56.0 Å². The highest BCUT2D eigenvalue weighted by atomic mass is 16.5. The minimum atomic E-state index is -1.26. The number of carboxylic acid groups (broad SMARTS) is 1. The Morgan fingerprint density at radius 3 is 2.46 bits per heavy atom. The van der Waals surface area contributed by atoms with Crippen LogP contribution in [0.15, 0.2) is 48.8 Å². The van der Waals surface area contributed by atoms with Gasteiger partial charge in [0.15, 0.2) is 5.78 Å². The third kappa shape index (κ3) is 5.82. The van der Waals surface area contributed by atoms with Gasteiger partial charge in [0.1, 0.15) is 18.2 Å². The maximum Gasteiger partial charge on any atom is 0.337 e. The summed E-state index contributed by atoms with van der Waals surface area (Å²) in [5.74, 6) is -1.57. The lowest BCUT2D eigenvalue weighted by molar-refractivity contribution is -0.133. The molecular weight excluding hydrogens is 446 g/mol. The lowest BCUT2D eigenvalue weighted by atomic mass is 9.72. The third-order valence-electron chi connectivity index (χ3n) is 7.00. The van der Waals surface area contributed by atoms with Crippen molar-refractivity contribution in [1.29, 1.82) is 0 Å². The third-order valence-corrected chi connectivity index (χ3v) is 7.00. The summed E-state index contributed by atoms with van der Waals surface area (Å²) in [5, 5.41) is 12.6. The van der Waals surface area contributed by atoms with Crippen LogP contribution in [0.2, 0.25) is 0 Å². The molecule has 2 heterocycles. The summed E-state index contributed by atoms with van der Waals surface area (Å²) in [7, 11) is 3.90. The molecule has 0 radical (unpaired) electrons. The van der Waals surface area contributed by atoms with Crippen molar-refractivity contribution in [2.75, 3.05) is 27.2 Å². The van der Waals surface area contributed by atoms with E-state index in [1.807, 2.05) is 49.3 Å². The number of rotatable bonds is 11. The van der Waals surface area contributed by atoms with E-state index >= 15 is 0 Å². The molecule has 8 nitrogen and oxygen atoms in total. The van der Waals surface area contributed by atoms with Gasteiger partial charge < -0.3 is 24.6 Å². The number of carbonyl (C=O) groups excluding carboxylic acids is 2. The number of hydrogen-bond donors (Lipinski definition) is 2. The summed E-state index contributed by atoms with van der Waals surface area (Å²) >= 11 is 0. The average molecular weight is 484 g/mol.